The highest BCUT2D eigenvalue weighted by Gasteiger charge is 2.21. The number of benzene rings is 2. The lowest BCUT2D eigenvalue weighted by molar-refractivity contribution is -0.120. The Morgan fingerprint density at radius 3 is 2.93 bits per heavy atom. The van der Waals surface area contributed by atoms with Crippen LogP contribution in [0.3, 0.4) is 0 Å². The molecule has 2 amide bonds. The molecular formula is C22H22N2O4. The summed E-state index contributed by atoms with van der Waals surface area (Å²) in [5.41, 5.74) is 3.40. The van der Waals surface area contributed by atoms with Crippen molar-refractivity contribution in [3.8, 4) is 5.75 Å². The molecule has 2 heterocycles. The number of hydrogen-bond acceptors (Lipinski definition) is 4. The van der Waals surface area contributed by atoms with Crippen molar-refractivity contribution in [1.29, 1.82) is 0 Å². The number of nitrogens with one attached hydrogen (secondary N) is 1. The lowest BCUT2D eigenvalue weighted by atomic mass is 10.1. The minimum absolute atomic E-state index is 0.0822. The fraction of sp³-hybridized carbons (Fsp3) is 0.273. The number of carbonyl (C=O) groups is 2. The molecule has 0 saturated carbocycles. The third kappa shape index (κ3) is 3.71. The molecule has 6 nitrogen and oxygen atoms in total. The molecule has 28 heavy (non-hydrogen) atoms. The van der Waals surface area contributed by atoms with Gasteiger partial charge in [-0.25, -0.2) is 0 Å². The van der Waals surface area contributed by atoms with Crippen LogP contribution in [0.5, 0.6) is 5.75 Å². The molecule has 0 atom stereocenters. The van der Waals surface area contributed by atoms with E-state index >= 15 is 0 Å². The molecule has 1 saturated heterocycles. The number of furan rings is 1. The number of rotatable bonds is 6. The number of nitrogens with zero attached hydrogens (tertiary/aromatic N) is 1. The molecule has 4 rings (SSSR count). The van der Waals surface area contributed by atoms with E-state index in [1.54, 1.807) is 18.3 Å². The second kappa shape index (κ2) is 7.76. The van der Waals surface area contributed by atoms with E-state index in [1.165, 1.54) is 0 Å². The van der Waals surface area contributed by atoms with Crippen molar-refractivity contribution in [3.05, 3.63) is 59.9 Å². The topological polar surface area (TPSA) is 71.8 Å². The molecule has 1 aliphatic rings. The molecule has 1 N–H and O–H groups in total. The van der Waals surface area contributed by atoms with Gasteiger partial charge in [0.25, 0.3) is 0 Å². The zero-order valence-electron chi connectivity index (χ0n) is 15.7. The molecule has 2 aromatic carbocycles. The number of amides is 2. The quantitative estimate of drug-likeness (QED) is 0.713. The lowest BCUT2D eigenvalue weighted by Crippen LogP contribution is -2.25. The molecule has 0 radical (unpaired) electrons. The van der Waals surface area contributed by atoms with Crippen LogP contribution < -0.4 is 15.0 Å². The first-order valence-corrected chi connectivity index (χ1v) is 9.34. The fourth-order valence-corrected chi connectivity index (χ4v) is 3.52. The largest absolute Gasteiger partial charge is 0.497 e. The predicted octanol–water partition coefficient (Wildman–Crippen LogP) is 3.43. The predicted molar refractivity (Wildman–Crippen MR) is 106 cm³/mol. The van der Waals surface area contributed by atoms with Crippen LogP contribution in [0, 0.1) is 0 Å². The average molecular weight is 378 g/mol. The number of hydrogen-bond donors (Lipinski definition) is 1. The highest BCUT2D eigenvalue weighted by Crippen LogP contribution is 2.26. The molecule has 1 aromatic heterocycles. The van der Waals surface area contributed by atoms with Crippen LogP contribution in [0.1, 0.15) is 24.0 Å². The van der Waals surface area contributed by atoms with E-state index in [9.17, 15) is 9.59 Å². The third-order valence-corrected chi connectivity index (χ3v) is 5.00. The minimum Gasteiger partial charge on any atom is -0.497 e. The van der Waals surface area contributed by atoms with Gasteiger partial charge in [0.15, 0.2) is 0 Å². The van der Waals surface area contributed by atoms with Gasteiger partial charge in [-0.05, 0) is 36.2 Å². The number of fused-ring (bicyclic) bond motifs is 1. The van der Waals surface area contributed by atoms with Crippen molar-refractivity contribution in [2.24, 2.45) is 0 Å². The summed E-state index contributed by atoms with van der Waals surface area (Å²) in [5, 5.41) is 3.85. The van der Waals surface area contributed by atoms with Crippen molar-refractivity contribution >= 4 is 28.5 Å². The fourth-order valence-electron chi connectivity index (χ4n) is 3.52. The van der Waals surface area contributed by atoms with Gasteiger partial charge >= 0.3 is 0 Å². The van der Waals surface area contributed by atoms with E-state index in [2.05, 4.69) is 5.32 Å². The van der Waals surface area contributed by atoms with Gasteiger partial charge in [0, 0.05) is 42.2 Å². The Labute approximate surface area is 163 Å². The zero-order chi connectivity index (χ0) is 19.5. The maximum Gasteiger partial charge on any atom is 0.227 e. The van der Waals surface area contributed by atoms with E-state index in [0.717, 1.165) is 35.2 Å². The van der Waals surface area contributed by atoms with Crippen LogP contribution in [0.2, 0.25) is 0 Å². The standard InChI is InChI=1S/C22H22N2O4/c1-27-18-7-8-19-16(14-28-20(19)12-18)11-21(25)23-13-15-4-2-5-17(10-15)24-9-3-6-22(24)26/h2,4-5,7-8,10,12,14H,3,6,9,11,13H2,1H3,(H,23,25). The van der Waals surface area contributed by atoms with Crippen LogP contribution >= 0.6 is 0 Å². The second-order valence-electron chi connectivity index (χ2n) is 6.90. The maximum atomic E-state index is 12.4. The molecule has 0 aliphatic carbocycles. The molecular weight excluding hydrogens is 356 g/mol. The van der Waals surface area contributed by atoms with E-state index < -0.39 is 0 Å². The average Bonchev–Trinajstić information content (AvgIpc) is 3.32. The minimum atomic E-state index is -0.0822. The van der Waals surface area contributed by atoms with Gasteiger partial charge in [-0.1, -0.05) is 12.1 Å². The van der Waals surface area contributed by atoms with Crippen molar-refractivity contribution < 1.29 is 18.7 Å². The molecule has 0 bridgehead atoms. The van der Waals surface area contributed by atoms with E-state index in [0.29, 0.717) is 24.3 Å². The maximum absolute atomic E-state index is 12.4. The smallest absolute Gasteiger partial charge is 0.227 e. The van der Waals surface area contributed by atoms with Gasteiger partial charge in [-0.3, -0.25) is 9.59 Å². The highest BCUT2D eigenvalue weighted by molar-refractivity contribution is 5.95. The van der Waals surface area contributed by atoms with E-state index in [-0.39, 0.29) is 18.2 Å². The Bertz CT molecular complexity index is 1020. The summed E-state index contributed by atoms with van der Waals surface area (Å²) >= 11 is 0. The third-order valence-electron chi connectivity index (χ3n) is 5.00. The molecule has 0 spiro atoms. The molecule has 1 aliphatic heterocycles. The monoisotopic (exact) mass is 378 g/mol. The normalized spacial score (nSPS) is 13.9. The summed E-state index contributed by atoms with van der Waals surface area (Å²) in [6.07, 6.45) is 3.35. The van der Waals surface area contributed by atoms with Gasteiger partial charge < -0.3 is 19.4 Å². The molecule has 6 heteroatoms. The number of ether oxygens (including phenoxy) is 1. The van der Waals surface area contributed by atoms with Gasteiger partial charge in [0.1, 0.15) is 11.3 Å². The van der Waals surface area contributed by atoms with Crippen molar-refractivity contribution in [2.45, 2.75) is 25.8 Å². The first-order chi connectivity index (χ1) is 13.6. The summed E-state index contributed by atoms with van der Waals surface area (Å²) in [6, 6.07) is 13.3. The second-order valence-corrected chi connectivity index (χ2v) is 6.90. The van der Waals surface area contributed by atoms with Gasteiger partial charge in [-0.2, -0.15) is 0 Å². The van der Waals surface area contributed by atoms with Crippen molar-refractivity contribution in [1.82, 2.24) is 5.32 Å². The first-order valence-electron chi connectivity index (χ1n) is 9.34. The number of carbonyl (C=O) groups excluding carboxylic acids is 2. The molecule has 1 fully saturated rings. The number of anilines is 1. The zero-order valence-corrected chi connectivity index (χ0v) is 15.7. The van der Waals surface area contributed by atoms with Gasteiger partial charge in [0.2, 0.25) is 11.8 Å². The number of methoxy groups -OCH3 is 1. The Kier molecular flexibility index (Phi) is 5.02. The summed E-state index contributed by atoms with van der Waals surface area (Å²) in [5.74, 6) is 0.792. The Balaban J connectivity index is 1.39. The van der Waals surface area contributed by atoms with Gasteiger partial charge in [0.05, 0.1) is 19.8 Å². The van der Waals surface area contributed by atoms with Crippen LogP contribution in [-0.2, 0) is 22.6 Å². The first kappa shape index (κ1) is 18.1. The molecule has 144 valence electrons. The van der Waals surface area contributed by atoms with Crippen LogP contribution in [0.25, 0.3) is 11.0 Å². The van der Waals surface area contributed by atoms with Gasteiger partial charge in [-0.15, -0.1) is 0 Å². The highest BCUT2D eigenvalue weighted by atomic mass is 16.5. The van der Waals surface area contributed by atoms with Crippen molar-refractivity contribution in [2.75, 3.05) is 18.6 Å². The summed E-state index contributed by atoms with van der Waals surface area (Å²) in [6.45, 7) is 1.17. The Hall–Kier alpha value is -3.28. The Morgan fingerprint density at radius 2 is 2.14 bits per heavy atom. The lowest BCUT2D eigenvalue weighted by Gasteiger charge is -2.16. The Morgan fingerprint density at radius 1 is 1.25 bits per heavy atom. The van der Waals surface area contributed by atoms with Crippen LogP contribution in [-0.4, -0.2) is 25.5 Å². The van der Waals surface area contributed by atoms with Crippen LogP contribution in [0.15, 0.2) is 53.1 Å². The van der Waals surface area contributed by atoms with Crippen LogP contribution in [0.4, 0.5) is 5.69 Å². The van der Waals surface area contributed by atoms with E-state index in [4.69, 9.17) is 9.15 Å². The summed E-state index contributed by atoms with van der Waals surface area (Å²) < 4.78 is 10.7. The molecule has 0 unspecified atom stereocenters. The SMILES string of the molecule is COc1ccc2c(CC(=O)NCc3cccc(N4CCCC4=O)c3)coc2c1. The van der Waals surface area contributed by atoms with E-state index in [1.807, 2.05) is 42.5 Å². The summed E-state index contributed by atoms with van der Waals surface area (Å²) in [4.78, 5) is 26.1. The summed E-state index contributed by atoms with van der Waals surface area (Å²) in [7, 11) is 1.60. The molecule has 3 aromatic rings. The van der Waals surface area contributed by atoms with Crippen molar-refractivity contribution in [3.63, 3.8) is 0 Å².